The Morgan fingerprint density at radius 3 is 2.74 bits per heavy atom. The molecule has 0 spiro atoms. The van der Waals surface area contributed by atoms with Gasteiger partial charge >= 0.3 is 0 Å². The van der Waals surface area contributed by atoms with E-state index in [9.17, 15) is 0 Å². The van der Waals surface area contributed by atoms with Crippen molar-refractivity contribution in [3.8, 4) is 0 Å². The topological polar surface area (TPSA) is 49.3 Å². The Labute approximate surface area is 163 Å². The van der Waals surface area contributed by atoms with Crippen molar-refractivity contribution in [1.29, 1.82) is 0 Å². The van der Waals surface area contributed by atoms with Crippen LogP contribution in [0.2, 0.25) is 0 Å². The lowest BCUT2D eigenvalue weighted by Gasteiger charge is -2.37. The third-order valence-corrected chi connectivity index (χ3v) is 5.12. The summed E-state index contributed by atoms with van der Waals surface area (Å²) in [5.41, 5.74) is 1.31. The van der Waals surface area contributed by atoms with Crippen LogP contribution in [0.15, 0.2) is 35.3 Å². The Bertz CT molecular complexity index is 553. The molecule has 1 atom stereocenters. The van der Waals surface area contributed by atoms with E-state index in [1.807, 2.05) is 0 Å². The molecule has 2 aliphatic rings. The Hall–Kier alpha value is -1.79. The van der Waals surface area contributed by atoms with Crippen LogP contribution in [0.5, 0.6) is 0 Å². The van der Waals surface area contributed by atoms with E-state index in [1.54, 1.807) is 0 Å². The summed E-state index contributed by atoms with van der Waals surface area (Å²) in [6.07, 6.45) is 2.10. The summed E-state index contributed by atoms with van der Waals surface area (Å²) in [4.78, 5) is 9.63. The largest absolute Gasteiger partial charge is 0.381 e. The predicted octanol–water partition coefficient (Wildman–Crippen LogP) is 2.22. The van der Waals surface area contributed by atoms with E-state index >= 15 is 0 Å². The highest BCUT2D eigenvalue weighted by molar-refractivity contribution is 5.80. The number of nitrogens with one attached hydrogen (secondary N) is 1. The normalized spacial score (nSPS) is 20.9. The average molecular weight is 375 g/mol. The fourth-order valence-electron chi connectivity index (χ4n) is 3.56. The first-order valence-corrected chi connectivity index (χ1v) is 10.4. The molecule has 2 saturated heterocycles. The minimum absolute atomic E-state index is 0.590. The van der Waals surface area contributed by atoms with Gasteiger partial charge in [-0.2, -0.15) is 0 Å². The van der Waals surface area contributed by atoms with Crippen LogP contribution in [0.4, 0.5) is 5.69 Å². The molecule has 1 N–H and O–H groups in total. The zero-order valence-electron chi connectivity index (χ0n) is 16.6. The van der Waals surface area contributed by atoms with E-state index in [4.69, 9.17) is 14.5 Å². The summed E-state index contributed by atoms with van der Waals surface area (Å²) in [6.45, 7) is 11.2. The Balaban J connectivity index is 1.38. The van der Waals surface area contributed by atoms with Gasteiger partial charge in [0.1, 0.15) is 0 Å². The predicted molar refractivity (Wildman–Crippen MR) is 111 cm³/mol. The molecule has 0 radical (unpaired) electrons. The van der Waals surface area contributed by atoms with E-state index in [-0.39, 0.29) is 0 Å². The fourth-order valence-corrected chi connectivity index (χ4v) is 3.56. The lowest BCUT2D eigenvalue weighted by Crippen LogP contribution is -2.52. The maximum Gasteiger partial charge on any atom is 0.194 e. The van der Waals surface area contributed by atoms with Crippen LogP contribution in [0, 0.1) is 5.92 Å². The van der Waals surface area contributed by atoms with Crippen LogP contribution in [0.3, 0.4) is 0 Å². The van der Waals surface area contributed by atoms with Gasteiger partial charge in [0.15, 0.2) is 5.96 Å². The molecule has 0 aliphatic carbocycles. The number of guanidine groups is 1. The van der Waals surface area contributed by atoms with E-state index in [0.717, 1.165) is 84.5 Å². The molecule has 6 nitrogen and oxygen atoms in total. The number of ether oxygens (including phenoxy) is 2. The fraction of sp³-hybridized carbons (Fsp3) is 0.667. The van der Waals surface area contributed by atoms with Gasteiger partial charge in [0, 0.05) is 64.1 Å². The third-order valence-electron chi connectivity index (χ3n) is 5.12. The van der Waals surface area contributed by atoms with Crippen LogP contribution < -0.4 is 10.2 Å². The summed E-state index contributed by atoms with van der Waals surface area (Å²) in [5, 5.41) is 3.44. The number of hydrogen-bond donors (Lipinski definition) is 1. The highest BCUT2D eigenvalue weighted by atomic mass is 16.5. The van der Waals surface area contributed by atoms with Crippen LogP contribution in [-0.4, -0.2) is 76.6 Å². The van der Waals surface area contributed by atoms with Gasteiger partial charge in [-0.05, 0) is 31.9 Å². The second-order valence-electron chi connectivity index (χ2n) is 7.20. The van der Waals surface area contributed by atoms with Crippen LogP contribution in [0.1, 0.15) is 19.8 Å². The molecule has 0 saturated carbocycles. The zero-order chi connectivity index (χ0) is 18.7. The first kappa shape index (κ1) is 20.0. The Morgan fingerprint density at radius 2 is 2.04 bits per heavy atom. The van der Waals surface area contributed by atoms with Gasteiger partial charge in [0.25, 0.3) is 0 Å². The maximum atomic E-state index is 5.78. The summed E-state index contributed by atoms with van der Waals surface area (Å²) in [7, 11) is 0. The molecule has 27 heavy (non-hydrogen) atoms. The number of benzene rings is 1. The second-order valence-corrected chi connectivity index (χ2v) is 7.20. The number of hydrogen-bond acceptors (Lipinski definition) is 4. The number of aliphatic imine (C=N–C) groups is 1. The molecule has 1 unspecified atom stereocenters. The molecule has 0 aromatic heterocycles. The van der Waals surface area contributed by atoms with Gasteiger partial charge in [-0.3, -0.25) is 4.99 Å². The summed E-state index contributed by atoms with van der Waals surface area (Å²) >= 11 is 0. The minimum Gasteiger partial charge on any atom is -0.381 e. The summed E-state index contributed by atoms with van der Waals surface area (Å²) in [5.74, 6) is 1.63. The van der Waals surface area contributed by atoms with Gasteiger partial charge in [-0.15, -0.1) is 0 Å². The molecule has 1 aromatic rings. The Morgan fingerprint density at radius 1 is 1.22 bits per heavy atom. The quantitative estimate of drug-likeness (QED) is 0.430. The molecule has 0 bridgehead atoms. The standard InChI is InChI=1S/C21H34N4O2/c1-2-22-21(23-10-6-15-26-17-19-9-16-27-18-19)25-13-11-24(12-14-25)20-7-4-3-5-8-20/h3-5,7-8,19H,2,6,9-18H2,1H3,(H,22,23). The molecule has 150 valence electrons. The van der Waals surface area contributed by atoms with Gasteiger partial charge in [-0.1, -0.05) is 18.2 Å². The van der Waals surface area contributed by atoms with Crippen LogP contribution in [-0.2, 0) is 9.47 Å². The van der Waals surface area contributed by atoms with Crippen molar-refractivity contribution in [3.63, 3.8) is 0 Å². The van der Waals surface area contributed by atoms with E-state index in [2.05, 4.69) is 52.4 Å². The molecular formula is C21H34N4O2. The van der Waals surface area contributed by atoms with Crippen molar-refractivity contribution in [1.82, 2.24) is 10.2 Å². The minimum atomic E-state index is 0.590. The lowest BCUT2D eigenvalue weighted by atomic mass is 10.1. The van der Waals surface area contributed by atoms with Gasteiger partial charge in [0.05, 0.1) is 13.2 Å². The Kier molecular flexibility index (Phi) is 8.24. The lowest BCUT2D eigenvalue weighted by molar-refractivity contribution is 0.0893. The molecule has 2 aliphatic heterocycles. The summed E-state index contributed by atoms with van der Waals surface area (Å²) in [6, 6.07) is 10.7. The average Bonchev–Trinajstić information content (AvgIpc) is 3.24. The van der Waals surface area contributed by atoms with Gasteiger partial charge < -0.3 is 24.6 Å². The molecule has 2 fully saturated rings. The number of para-hydroxylation sites is 1. The van der Waals surface area contributed by atoms with Gasteiger partial charge in [-0.25, -0.2) is 0 Å². The molecule has 6 heteroatoms. The number of nitrogens with zero attached hydrogens (tertiary/aromatic N) is 3. The zero-order valence-corrected chi connectivity index (χ0v) is 16.6. The number of anilines is 1. The van der Waals surface area contributed by atoms with Crippen molar-refractivity contribution in [2.45, 2.75) is 19.8 Å². The molecule has 3 rings (SSSR count). The SMILES string of the molecule is CCNC(=NCCCOCC1CCOC1)N1CCN(c2ccccc2)CC1. The third kappa shape index (κ3) is 6.40. The van der Waals surface area contributed by atoms with Gasteiger partial charge in [0.2, 0.25) is 0 Å². The number of rotatable bonds is 8. The van der Waals surface area contributed by atoms with Crippen LogP contribution in [0.25, 0.3) is 0 Å². The van der Waals surface area contributed by atoms with Crippen molar-refractivity contribution in [3.05, 3.63) is 30.3 Å². The summed E-state index contributed by atoms with van der Waals surface area (Å²) < 4.78 is 11.2. The van der Waals surface area contributed by atoms with E-state index in [0.29, 0.717) is 5.92 Å². The first-order valence-electron chi connectivity index (χ1n) is 10.4. The molecule has 2 heterocycles. The first-order chi connectivity index (χ1) is 13.4. The molecule has 0 amide bonds. The van der Waals surface area contributed by atoms with Crippen LogP contribution >= 0.6 is 0 Å². The van der Waals surface area contributed by atoms with Crippen molar-refractivity contribution in [2.24, 2.45) is 10.9 Å². The highest BCUT2D eigenvalue weighted by Crippen LogP contribution is 2.15. The van der Waals surface area contributed by atoms with Crippen molar-refractivity contribution < 1.29 is 9.47 Å². The smallest absolute Gasteiger partial charge is 0.194 e. The molecule has 1 aromatic carbocycles. The maximum absolute atomic E-state index is 5.78. The van der Waals surface area contributed by atoms with Crippen molar-refractivity contribution >= 4 is 11.6 Å². The molecular weight excluding hydrogens is 340 g/mol. The highest BCUT2D eigenvalue weighted by Gasteiger charge is 2.19. The van der Waals surface area contributed by atoms with Crippen molar-refractivity contribution in [2.75, 3.05) is 70.6 Å². The number of piperazine rings is 1. The van der Waals surface area contributed by atoms with E-state index in [1.165, 1.54) is 5.69 Å². The van der Waals surface area contributed by atoms with E-state index < -0.39 is 0 Å². The second kappa shape index (κ2) is 11.1. The monoisotopic (exact) mass is 374 g/mol.